The fourth-order valence-corrected chi connectivity index (χ4v) is 2.63. The van der Waals surface area contributed by atoms with Crippen molar-refractivity contribution in [3.8, 4) is 0 Å². The van der Waals surface area contributed by atoms with Crippen molar-refractivity contribution < 1.29 is 0 Å². The maximum Gasteiger partial charge on any atom is 0.0279 e. The summed E-state index contributed by atoms with van der Waals surface area (Å²) in [4.78, 5) is 0. The van der Waals surface area contributed by atoms with Crippen LogP contribution in [0, 0.1) is 5.41 Å². The molecule has 15 heavy (non-hydrogen) atoms. The average Bonchev–Trinajstić information content (AvgIpc) is 2.29. The molecule has 0 aliphatic carbocycles. The standard InChI is InChI=1S/C14H29Cl/c1-4-7-10-14(13-15,11-8-5-2)12-9-6-3/h4-13H2,1-3H3. The minimum absolute atomic E-state index is 0.462. The van der Waals surface area contributed by atoms with Gasteiger partial charge in [-0.3, -0.25) is 0 Å². The molecule has 0 unspecified atom stereocenters. The number of halogens is 1. The van der Waals surface area contributed by atoms with Gasteiger partial charge < -0.3 is 0 Å². The summed E-state index contributed by atoms with van der Waals surface area (Å²) in [7, 11) is 0. The van der Waals surface area contributed by atoms with Crippen molar-refractivity contribution in [3.05, 3.63) is 0 Å². The Bertz CT molecular complexity index is 110. The highest BCUT2D eigenvalue weighted by molar-refractivity contribution is 6.18. The lowest BCUT2D eigenvalue weighted by Crippen LogP contribution is -2.23. The van der Waals surface area contributed by atoms with Gasteiger partial charge >= 0.3 is 0 Å². The Balaban J connectivity index is 4.16. The van der Waals surface area contributed by atoms with Crippen LogP contribution in [0.3, 0.4) is 0 Å². The van der Waals surface area contributed by atoms with Gasteiger partial charge in [-0.1, -0.05) is 59.3 Å². The number of unbranched alkanes of at least 4 members (excludes halogenated alkanes) is 3. The molecule has 0 aliphatic rings. The topological polar surface area (TPSA) is 0 Å². The zero-order chi connectivity index (χ0) is 11.6. The van der Waals surface area contributed by atoms with Crippen molar-refractivity contribution in [1.29, 1.82) is 0 Å². The van der Waals surface area contributed by atoms with Crippen LogP contribution in [0.4, 0.5) is 0 Å². The molecule has 0 aromatic heterocycles. The summed E-state index contributed by atoms with van der Waals surface area (Å²) in [6, 6.07) is 0. The lowest BCUT2D eigenvalue weighted by Gasteiger charge is -2.32. The first-order valence-electron chi connectivity index (χ1n) is 6.80. The highest BCUT2D eigenvalue weighted by Crippen LogP contribution is 2.37. The molecule has 0 heterocycles. The quantitative estimate of drug-likeness (QED) is 0.419. The van der Waals surface area contributed by atoms with Crippen LogP contribution in [-0.2, 0) is 0 Å². The maximum absolute atomic E-state index is 6.23. The van der Waals surface area contributed by atoms with Crippen LogP contribution in [0.15, 0.2) is 0 Å². The van der Waals surface area contributed by atoms with E-state index < -0.39 is 0 Å². The van der Waals surface area contributed by atoms with Crippen molar-refractivity contribution in [2.24, 2.45) is 5.41 Å². The summed E-state index contributed by atoms with van der Waals surface area (Å²) < 4.78 is 0. The fraction of sp³-hybridized carbons (Fsp3) is 1.00. The minimum atomic E-state index is 0.462. The molecule has 0 radical (unpaired) electrons. The van der Waals surface area contributed by atoms with Crippen LogP contribution in [0.5, 0.6) is 0 Å². The molecule has 0 amide bonds. The molecule has 1 heteroatoms. The molecule has 0 atom stereocenters. The molecule has 0 bridgehead atoms. The lowest BCUT2D eigenvalue weighted by atomic mass is 9.76. The molecule has 0 aromatic rings. The van der Waals surface area contributed by atoms with Crippen LogP contribution in [0.25, 0.3) is 0 Å². The number of hydrogen-bond donors (Lipinski definition) is 0. The third kappa shape index (κ3) is 6.45. The van der Waals surface area contributed by atoms with E-state index in [2.05, 4.69) is 20.8 Å². The zero-order valence-corrected chi connectivity index (χ0v) is 11.7. The molecule has 0 saturated heterocycles. The summed E-state index contributed by atoms with van der Waals surface area (Å²) >= 11 is 6.23. The normalized spacial score (nSPS) is 12.0. The molecule has 0 rings (SSSR count). The van der Waals surface area contributed by atoms with Gasteiger partial charge in [0.25, 0.3) is 0 Å². The van der Waals surface area contributed by atoms with E-state index in [1.807, 2.05) is 0 Å². The second kappa shape index (κ2) is 9.51. The second-order valence-electron chi connectivity index (χ2n) is 4.94. The fourth-order valence-electron chi connectivity index (χ4n) is 2.23. The lowest BCUT2D eigenvalue weighted by molar-refractivity contribution is 0.233. The van der Waals surface area contributed by atoms with Gasteiger partial charge in [0.05, 0.1) is 0 Å². The maximum atomic E-state index is 6.23. The first-order chi connectivity index (χ1) is 7.24. The summed E-state index contributed by atoms with van der Waals surface area (Å²) in [5.74, 6) is 0.868. The van der Waals surface area contributed by atoms with Gasteiger partial charge in [-0.05, 0) is 24.7 Å². The molecular weight excluding hydrogens is 204 g/mol. The number of hydrogen-bond acceptors (Lipinski definition) is 0. The van der Waals surface area contributed by atoms with Gasteiger partial charge in [0.1, 0.15) is 0 Å². The molecule has 0 spiro atoms. The molecule has 0 saturated carbocycles. The summed E-state index contributed by atoms with van der Waals surface area (Å²) in [6.45, 7) is 6.83. The Morgan fingerprint density at radius 3 is 1.27 bits per heavy atom. The molecule has 92 valence electrons. The van der Waals surface area contributed by atoms with Crippen LogP contribution in [0.1, 0.15) is 78.6 Å². The van der Waals surface area contributed by atoms with Gasteiger partial charge in [-0.2, -0.15) is 0 Å². The van der Waals surface area contributed by atoms with E-state index in [0.29, 0.717) is 5.41 Å². The van der Waals surface area contributed by atoms with Crippen molar-refractivity contribution >= 4 is 11.6 Å². The molecule has 0 fully saturated rings. The predicted molar refractivity (Wildman–Crippen MR) is 71.7 cm³/mol. The molecule has 0 aromatic carbocycles. The predicted octanol–water partition coefficient (Wildman–Crippen LogP) is 5.78. The molecule has 0 nitrogen and oxygen atoms in total. The Morgan fingerprint density at radius 1 is 0.733 bits per heavy atom. The van der Waals surface area contributed by atoms with Gasteiger partial charge in [-0.15, -0.1) is 11.6 Å². The van der Waals surface area contributed by atoms with Crippen LogP contribution >= 0.6 is 11.6 Å². The number of rotatable bonds is 10. The van der Waals surface area contributed by atoms with Gasteiger partial charge in [0.15, 0.2) is 0 Å². The SMILES string of the molecule is CCCCC(CCl)(CCCC)CCCC. The Labute approximate surface area is 102 Å². The van der Waals surface area contributed by atoms with Crippen LogP contribution < -0.4 is 0 Å². The van der Waals surface area contributed by atoms with Crippen LogP contribution in [0.2, 0.25) is 0 Å². The highest BCUT2D eigenvalue weighted by atomic mass is 35.5. The van der Waals surface area contributed by atoms with Gasteiger partial charge in [-0.25, -0.2) is 0 Å². The van der Waals surface area contributed by atoms with Crippen molar-refractivity contribution in [1.82, 2.24) is 0 Å². The summed E-state index contributed by atoms with van der Waals surface area (Å²) in [5, 5.41) is 0. The first-order valence-corrected chi connectivity index (χ1v) is 7.34. The monoisotopic (exact) mass is 232 g/mol. The van der Waals surface area contributed by atoms with E-state index in [1.165, 1.54) is 57.8 Å². The number of alkyl halides is 1. The van der Waals surface area contributed by atoms with Crippen LogP contribution in [-0.4, -0.2) is 5.88 Å². The average molecular weight is 233 g/mol. The van der Waals surface area contributed by atoms with E-state index in [1.54, 1.807) is 0 Å². The van der Waals surface area contributed by atoms with Crippen molar-refractivity contribution in [2.45, 2.75) is 78.6 Å². The first kappa shape index (κ1) is 15.3. The smallest absolute Gasteiger partial charge is 0.0279 e. The second-order valence-corrected chi connectivity index (χ2v) is 5.21. The van der Waals surface area contributed by atoms with Crippen molar-refractivity contribution in [3.63, 3.8) is 0 Å². The van der Waals surface area contributed by atoms with Gasteiger partial charge in [0, 0.05) is 5.88 Å². The van der Waals surface area contributed by atoms with E-state index in [4.69, 9.17) is 11.6 Å². The minimum Gasteiger partial charge on any atom is -0.126 e. The Morgan fingerprint density at radius 2 is 1.07 bits per heavy atom. The van der Waals surface area contributed by atoms with E-state index in [0.717, 1.165) is 5.88 Å². The third-order valence-corrected chi connectivity index (χ3v) is 4.03. The summed E-state index contributed by atoms with van der Waals surface area (Å²) in [6.07, 6.45) is 12.0. The largest absolute Gasteiger partial charge is 0.126 e. The highest BCUT2D eigenvalue weighted by Gasteiger charge is 2.26. The molecule has 0 N–H and O–H groups in total. The third-order valence-electron chi connectivity index (χ3n) is 3.47. The van der Waals surface area contributed by atoms with E-state index >= 15 is 0 Å². The van der Waals surface area contributed by atoms with Crippen molar-refractivity contribution in [2.75, 3.05) is 5.88 Å². The summed E-state index contributed by atoms with van der Waals surface area (Å²) in [5.41, 5.74) is 0.462. The van der Waals surface area contributed by atoms with E-state index in [9.17, 15) is 0 Å². The van der Waals surface area contributed by atoms with E-state index in [-0.39, 0.29) is 0 Å². The Kier molecular flexibility index (Phi) is 9.70. The van der Waals surface area contributed by atoms with Gasteiger partial charge in [0.2, 0.25) is 0 Å². The zero-order valence-electron chi connectivity index (χ0n) is 10.9. The molecular formula is C14H29Cl. The molecule has 0 aliphatic heterocycles. The Hall–Kier alpha value is 0.290.